The molecule has 0 unspecified atom stereocenters. The smallest absolute Gasteiger partial charge is 0.408 e. The van der Waals surface area contributed by atoms with E-state index in [9.17, 15) is 9.59 Å². The number of Topliss-reactive ketones (excluding diaryl/α,β-unsaturated/α-hetero) is 1. The van der Waals surface area contributed by atoms with E-state index in [1.165, 1.54) is 0 Å². The van der Waals surface area contributed by atoms with Crippen molar-refractivity contribution in [1.82, 2.24) is 5.32 Å². The molecule has 0 bridgehead atoms. The van der Waals surface area contributed by atoms with Crippen LogP contribution in [-0.2, 0) is 14.3 Å². The molecule has 1 aliphatic carbocycles. The van der Waals surface area contributed by atoms with Crippen LogP contribution >= 0.6 is 0 Å². The highest BCUT2D eigenvalue weighted by molar-refractivity contribution is 5.95. The van der Waals surface area contributed by atoms with E-state index < -0.39 is 23.3 Å². The summed E-state index contributed by atoms with van der Waals surface area (Å²) in [6.45, 7) is 12.2. The molecule has 2 rings (SSSR count). The van der Waals surface area contributed by atoms with Gasteiger partial charge < -0.3 is 14.8 Å². The minimum atomic E-state index is -0.727. The maximum absolute atomic E-state index is 12.7. The molecular weight excluding hydrogens is 294 g/mol. The van der Waals surface area contributed by atoms with Gasteiger partial charge >= 0.3 is 6.09 Å². The van der Waals surface area contributed by atoms with Crippen LogP contribution in [0.1, 0.15) is 60.8 Å². The topological polar surface area (TPSA) is 67.9 Å². The van der Waals surface area contributed by atoms with Crippen molar-refractivity contribution in [3.8, 4) is 0 Å². The minimum absolute atomic E-state index is 0.0319. The lowest BCUT2D eigenvalue weighted by Crippen LogP contribution is -2.48. The summed E-state index contributed by atoms with van der Waals surface area (Å²) in [5, 5.41) is 2.79. The Hall–Kier alpha value is -1.10. The van der Waals surface area contributed by atoms with Crippen LogP contribution in [0.2, 0.25) is 0 Å². The first-order valence-corrected chi connectivity index (χ1v) is 8.68. The molecule has 0 spiro atoms. The van der Waals surface area contributed by atoms with Gasteiger partial charge in [0, 0.05) is 0 Å². The van der Waals surface area contributed by atoms with Crippen LogP contribution in [0.25, 0.3) is 0 Å². The average Bonchev–Trinajstić information content (AvgIpc) is 3.05. The number of amides is 1. The van der Waals surface area contributed by atoms with Crippen molar-refractivity contribution in [2.75, 3.05) is 6.61 Å². The molecule has 132 valence electrons. The van der Waals surface area contributed by atoms with Gasteiger partial charge in [0.15, 0.2) is 5.78 Å². The SMILES string of the molecule is C[C@@H]1C[C@H](C[C@H](NC(=O)OC(C)(C)C)C(=O)[C@@]2(C)CO2)C[C@@H]1C. The molecule has 2 fully saturated rings. The molecular formula is C18H31NO4. The predicted octanol–water partition coefficient (Wildman–Crippen LogP) is 3.31. The summed E-state index contributed by atoms with van der Waals surface area (Å²) in [6, 6.07) is -0.528. The lowest BCUT2D eigenvalue weighted by molar-refractivity contribution is -0.126. The molecule has 1 aliphatic heterocycles. The van der Waals surface area contributed by atoms with Crippen LogP contribution in [0.3, 0.4) is 0 Å². The van der Waals surface area contributed by atoms with Gasteiger partial charge in [-0.3, -0.25) is 4.79 Å². The van der Waals surface area contributed by atoms with E-state index in [1.54, 1.807) is 6.92 Å². The molecule has 1 N–H and O–H groups in total. The molecule has 5 heteroatoms. The standard InChI is InChI=1S/C18H31NO4/c1-11-7-13(8-12(11)2)9-14(15(20)18(6)10-22-18)19-16(21)23-17(3,4)5/h11-14H,7-10H2,1-6H3,(H,19,21)/t11-,12+,13+,14-,18+/m0/s1. The van der Waals surface area contributed by atoms with Crippen molar-refractivity contribution >= 4 is 11.9 Å². The van der Waals surface area contributed by atoms with Gasteiger partial charge in [0.2, 0.25) is 0 Å². The molecule has 5 nitrogen and oxygen atoms in total. The summed E-state index contributed by atoms with van der Waals surface area (Å²) in [6.07, 6.45) is 2.36. The van der Waals surface area contributed by atoms with E-state index in [2.05, 4.69) is 19.2 Å². The minimum Gasteiger partial charge on any atom is -0.444 e. The van der Waals surface area contributed by atoms with Gasteiger partial charge in [0.25, 0.3) is 0 Å². The zero-order valence-corrected chi connectivity index (χ0v) is 15.3. The number of ether oxygens (including phenoxy) is 2. The second-order valence-electron chi connectivity index (χ2n) is 8.61. The number of carbonyl (C=O) groups is 2. The van der Waals surface area contributed by atoms with E-state index in [1.807, 2.05) is 20.8 Å². The number of ketones is 1. The first-order valence-electron chi connectivity index (χ1n) is 8.68. The number of nitrogens with one attached hydrogen (secondary N) is 1. The molecule has 23 heavy (non-hydrogen) atoms. The van der Waals surface area contributed by atoms with Crippen molar-refractivity contribution in [3.63, 3.8) is 0 Å². The molecule has 5 atom stereocenters. The molecule has 1 heterocycles. The maximum Gasteiger partial charge on any atom is 0.408 e. The highest BCUT2D eigenvalue weighted by Gasteiger charge is 2.50. The van der Waals surface area contributed by atoms with Gasteiger partial charge in [-0.15, -0.1) is 0 Å². The zero-order valence-electron chi connectivity index (χ0n) is 15.3. The Morgan fingerprint density at radius 2 is 1.78 bits per heavy atom. The van der Waals surface area contributed by atoms with Gasteiger partial charge in [-0.1, -0.05) is 13.8 Å². The highest BCUT2D eigenvalue weighted by atomic mass is 16.6. The maximum atomic E-state index is 12.7. The van der Waals surface area contributed by atoms with Gasteiger partial charge in [0.05, 0.1) is 12.6 Å². The molecule has 0 aromatic heterocycles. The molecule has 1 saturated heterocycles. The largest absolute Gasteiger partial charge is 0.444 e. The van der Waals surface area contributed by atoms with Crippen LogP contribution in [0.4, 0.5) is 4.79 Å². The summed E-state index contributed by atoms with van der Waals surface area (Å²) < 4.78 is 10.6. The molecule has 0 aromatic carbocycles. The fraction of sp³-hybridized carbons (Fsp3) is 0.889. The average molecular weight is 325 g/mol. The van der Waals surface area contributed by atoms with Crippen molar-refractivity contribution in [1.29, 1.82) is 0 Å². The van der Waals surface area contributed by atoms with Crippen molar-refractivity contribution in [3.05, 3.63) is 0 Å². The fourth-order valence-electron chi connectivity index (χ4n) is 3.44. The van der Waals surface area contributed by atoms with Gasteiger partial charge in [-0.2, -0.15) is 0 Å². The Morgan fingerprint density at radius 1 is 1.26 bits per heavy atom. The van der Waals surface area contributed by atoms with E-state index in [0.29, 0.717) is 30.8 Å². The van der Waals surface area contributed by atoms with Gasteiger partial charge in [0.1, 0.15) is 11.2 Å². The van der Waals surface area contributed by atoms with E-state index in [4.69, 9.17) is 9.47 Å². The lowest BCUT2D eigenvalue weighted by Gasteiger charge is -2.25. The van der Waals surface area contributed by atoms with E-state index in [-0.39, 0.29) is 5.78 Å². The number of alkyl carbamates (subject to hydrolysis) is 1. The summed E-state index contributed by atoms with van der Waals surface area (Å²) in [7, 11) is 0. The van der Waals surface area contributed by atoms with Crippen LogP contribution in [0, 0.1) is 17.8 Å². The Kier molecular flexibility index (Phi) is 5.09. The van der Waals surface area contributed by atoms with Crippen molar-refractivity contribution in [2.45, 2.75) is 78.0 Å². The van der Waals surface area contributed by atoms with E-state index in [0.717, 1.165) is 12.8 Å². The quantitative estimate of drug-likeness (QED) is 0.787. The second kappa shape index (κ2) is 6.42. The summed E-state index contributed by atoms with van der Waals surface area (Å²) in [5.41, 5.74) is -1.30. The van der Waals surface area contributed by atoms with Gasteiger partial charge in [-0.25, -0.2) is 4.79 Å². The second-order valence-corrected chi connectivity index (χ2v) is 8.61. The lowest BCUT2D eigenvalue weighted by atomic mass is 9.90. The number of rotatable bonds is 5. The number of carbonyl (C=O) groups excluding carboxylic acids is 2. The Balaban J connectivity index is 2.00. The zero-order chi connectivity index (χ0) is 17.4. The molecule has 1 amide bonds. The normalized spacial score (nSPS) is 34.8. The Bertz CT molecular complexity index is 454. The fourth-order valence-corrected chi connectivity index (χ4v) is 3.44. The number of epoxide rings is 1. The predicted molar refractivity (Wildman–Crippen MR) is 88.2 cm³/mol. The third-order valence-electron chi connectivity index (χ3n) is 5.06. The summed E-state index contributed by atoms with van der Waals surface area (Å²) in [5.74, 6) is 1.77. The third kappa shape index (κ3) is 4.93. The van der Waals surface area contributed by atoms with Crippen molar-refractivity contribution in [2.24, 2.45) is 17.8 Å². The molecule has 0 aromatic rings. The van der Waals surface area contributed by atoms with Crippen LogP contribution < -0.4 is 5.32 Å². The van der Waals surface area contributed by atoms with Crippen LogP contribution in [0.5, 0.6) is 0 Å². The monoisotopic (exact) mass is 325 g/mol. The van der Waals surface area contributed by atoms with Crippen molar-refractivity contribution < 1.29 is 19.1 Å². The first-order chi connectivity index (χ1) is 10.5. The Labute approximate surface area is 139 Å². The number of hydrogen-bond acceptors (Lipinski definition) is 4. The molecule has 1 saturated carbocycles. The van der Waals surface area contributed by atoms with Gasteiger partial charge in [-0.05, 0) is 64.7 Å². The Morgan fingerprint density at radius 3 is 2.22 bits per heavy atom. The number of hydrogen-bond donors (Lipinski definition) is 1. The molecule has 0 radical (unpaired) electrons. The van der Waals surface area contributed by atoms with Crippen LogP contribution in [-0.4, -0.2) is 35.7 Å². The summed E-state index contributed by atoms with van der Waals surface area (Å²) >= 11 is 0. The summed E-state index contributed by atoms with van der Waals surface area (Å²) in [4.78, 5) is 24.8. The third-order valence-corrected chi connectivity index (χ3v) is 5.06. The first kappa shape index (κ1) is 18.2. The van der Waals surface area contributed by atoms with Crippen LogP contribution in [0.15, 0.2) is 0 Å². The van der Waals surface area contributed by atoms with E-state index >= 15 is 0 Å². The molecule has 2 aliphatic rings. The highest BCUT2D eigenvalue weighted by Crippen LogP contribution is 2.39.